The fraction of sp³-hybridized carbons (Fsp3) is 0.417. The molecule has 2 aliphatic rings. The molecule has 0 unspecified atom stereocenters. The maximum atomic E-state index is 15.1. The van der Waals surface area contributed by atoms with Crippen LogP contribution in [0.2, 0.25) is 0 Å². The smallest absolute Gasteiger partial charge is 0.346 e. The third kappa shape index (κ3) is 5.14. The first-order valence-electron chi connectivity index (χ1n) is 11.7. The lowest BCUT2D eigenvalue weighted by atomic mass is 9.73. The number of nitrogens with zero attached hydrogens (tertiary/aromatic N) is 4. The van der Waals surface area contributed by atoms with Gasteiger partial charge in [-0.2, -0.15) is 27.1 Å². The number of halogens is 8. The molecule has 39 heavy (non-hydrogen) atoms. The topological polar surface area (TPSA) is 72.7 Å². The number of carbonyl (C=O) groups excluding carboxylic acids is 1. The molecule has 1 amide bonds. The van der Waals surface area contributed by atoms with Gasteiger partial charge in [-0.05, 0) is 65.1 Å². The number of aromatic nitrogens is 4. The summed E-state index contributed by atoms with van der Waals surface area (Å²) >= 11 is 4.47. The maximum absolute atomic E-state index is 15.1. The summed E-state index contributed by atoms with van der Waals surface area (Å²) in [5.74, 6) is -8.46. The molecule has 0 saturated heterocycles. The second-order valence-electron chi connectivity index (χ2n) is 9.37. The zero-order chi connectivity index (χ0) is 28.3. The van der Waals surface area contributed by atoms with Crippen LogP contribution >= 0.6 is 27.7 Å². The van der Waals surface area contributed by atoms with E-state index < -0.39 is 71.0 Å². The largest absolute Gasteiger partial charge is 0.435 e. The molecule has 0 bridgehead atoms. The number of carbonyl (C=O) groups is 1. The van der Waals surface area contributed by atoms with E-state index in [2.05, 4.69) is 36.3 Å². The molecule has 2 aliphatic carbocycles. The Hall–Kier alpha value is -2.68. The van der Waals surface area contributed by atoms with E-state index in [4.69, 9.17) is 0 Å². The van der Waals surface area contributed by atoms with Crippen molar-refractivity contribution in [1.82, 2.24) is 25.1 Å². The Morgan fingerprint density at radius 1 is 1.23 bits per heavy atom. The number of alkyl halides is 5. The number of nitrogens with one attached hydrogen (secondary N) is 1. The number of thioether (sulfide) groups is 1. The number of fused-ring (bicyclic) bond motifs is 3. The van der Waals surface area contributed by atoms with Gasteiger partial charge >= 0.3 is 6.18 Å². The molecule has 1 fully saturated rings. The Labute approximate surface area is 229 Å². The normalized spacial score (nSPS) is 20.2. The van der Waals surface area contributed by atoms with Crippen molar-refractivity contribution in [3.05, 3.63) is 68.7 Å². The molecule has 3 atom stereocenters. The van der Waals surface area contributed by atoms with Gasteiger partial charge in [0.25, 0.3) is 5.92 Å². The van der Waals surface area contributed by atoms with Gasteiger partial charge in [-0.15, -0.1) is 0 Å². The number of hydrogen-bond acceptors (Lipinski definition) is 5. The average Bonchev–Trinajstić information content (AvgIpc) is 3.23. The summed E-state index contributed by atoms with van der Waals surface area (Å²) in [4.78, 5) is 21.6. The van der Waals surface area contributed by atoms with Gasteiger partial charge in [0.2, 0.25) is 5.91 Å². The van der Waals surface area contributed by atoms with E-state index >= 15 is 8.78 Å². The van der Waals surface area contributed by atoms with Crippen LogP contribution in [0.15, 0.2) is 34.0 Å². The third-order valence-electron chi connectivity index (χ3n) is 6.94. The second-order valence-corrected chi connectivity index (χ2v) is 11.0. The Morgan fingerprint density at radius 2 is 1.92 bits per heavy atom. The Morgan fingerprint density at radius 3 is 2.51 bits per heavy atom. The van der Waals surface area contributed by atoms with Crippen LogP contribution in [0.3, 0.4) is 0 Å². The van der Waals surface area contributed by atoms with Crippen LogP contribution in [-0.4, -0.2) is 31.9 Å². The molecule has 1 saturated carbocycles. The van der Waals surface area contributed by atoms with Gasteiger partial charge in [-0.1, -0.05) is 11.8 Å². The van der Waals surface area contributed by atoms with E-state index in [0.29, 0.717) is 20.4 Å². The SMILES string of the molecule is CSc1ncc(Br)c([C@H](Cc2cc(F)cc(F)c2)NC(=O)Cn2nc(C(F)(F)F)c3c2C(F)(F)[C@@H]2CC[C@H]32)n1. The van der Waals surface area contributed by atoms with Gasteiger partial charge in [0, 0.05) is 23.7 Å². The fourth-order valence-electron chi connectivity index (χ4n) is 5.22. The van der Waals surface area contributed by atoms with Crippen molar-refractivity contribution in [2.45, 2.75) is 55.0 Å². The molecule has 208 valence electrons. The van der Waals surface area contributed by atoms with Gasteiger partial charge < -0.3 is 5.32 Å². The molecule has 5 rings (SSSR count). The first-order chi connectivity index (χ1) is 18.3. The van der Waals surface area contributed by atoms with E-state index in [1.807, 2.05) is 0 Å². The quantitative estimate of drug-likeness (QED) is 0.191. The summed E-state index contributed by atoms with van der Waals surface area (Å²) in [6, 6.07) is 1.73. The van der Waals surface area contributed by atoms with Gasteiger partial charge in [0.1, 0.15) is 23.9 Å². The number of hydrogen-bond donors (Lipinski definition) is 1. The highest BCUT2D eigenvalue weighted by Crippen LogP contribution is 2.63. The standard InChI is InChI=1S/C24H19BrF7N5OS/c1-39-22-33-8-15(25)19(35-22)16(6-10-4-11(26)7-12(27)5-10)34-17(38)9-37-21-18(20(36-37)24(30,31)32)13-2-3-14(13)23(21,28)29/h4-5,7-8,13-14,16H,2-3,6,9H2,1H3,(H,34,38)/t13-,14+,16-/m0/s1. The minimum atomic E-state index is -4.98. The second kappa shape index (κ2) is 10.1. The minimum absolute atomic E-state index is 0.0711. The lowest BCUT2D eigenvalue weighted by Crippen LogP contribution is -2.36. The zero-order valence-electron chi connectivity index (χ0n) is 20.0. The summed E-state index contributed by atoms with van der Waals surface area (Å²) in [5.41, 5.74) is -2.48. The molecule has 6 nitrogen and oxygen atoms in total. The summed E-state index contributed by atoms with van der Waals surface area (Å²) in [7, 11) is 0. The number of rotatable bonds is 7. The molecular weight excluding hydrogens is 619 g/mol. The Bertz CT molecular complexity index is 1430. The van der Waals surface area contributed by atoms with Crippen molar-refractivity contribution in [2.24, 2.45) is 5.92 Å². The van der Waals surface area contributed by atoms with Crippen LogP contribution in [0.4, 0.5) is 30.7 Å². The van der Waals surface area contributed by atoms with Gasteiger partial charge in [0.05, 0.1) is 16.2 Å². The predicted octanol–water partition coefficient (Wildman–Crippen LogP) is 6.15. The minimum Gasteiger partial charge on any atom is -0.346 e. The number of benzene rings is 1. The highest BCUT2D eigenvalue weighted by atomic mass is 79.9. The molecule has 15 heteroatoms. The molecule has 0 spiro atoms. The van der Waals surface area contributed by atoms with E-state index in [1.165, 1.54) is 18.0 Å². The molecule has 1 N–H and O–H groups in total. The Balaban J connectivity index is 1.48. The summed E-state index contributed by atoms with van der Waals surface area (Å²) < 4.78 is 99.9. The Kier molecular flexibility index (Phi) is 7.19. The zero-order valence-corrected chi connectivity index (χ0v) is 22.4. The van der Waals surface area contributed by atoms with Gasteiger partial charge in [0.15, 0.2) is 10.9 Å². The van der Waals surface area contributed by atoms with Gasteiger partial charge in [-0.3, -0.25) is 9.48 Å². The average molecular weight is 638 g/mol. The highest BCUT2D eigenvalue weighted by molar-refractivity contribution is 9.10. The van der Waals surface area contributed by atoms with E-state index in [0.717, 1.165) is 12.1 Å². The molecular formula is C24H19BrF7N5OS. The van der Waals surface area contributed by atoms with Crippen LogP contribution in [0.1, 0.15) is 53.0 Å². The summed E-state index contributed by atoms with van der Waals surface area (Å²) in [5, 5.41) is 6.28. The lowest BCUT2D eigenvalue weighted by Gasteiger charge is -2.34. The highest BCUT2D eigenvalue weighted by Gasteiger charge is 2.63. The molecule has 0 aliphatic heterocycles. The van der Waals surface area contributed by atoms with Crippen molar-refractivity contribution >= 4 is 33.6 Å². The number of amides is 1. The van der Waals surface area contributed by atoms with E-state index in [1.54, 1.807) is 6.26 Å². The maximum Gasteiger partial charge on any atom is 0.435 e. The van der Waals surface area contributed by atoms with Gasteiger partial charge in [-0.25, -0.2) is 18.7 Å². The molecule has 1 aromatic carbocycles. The molecule has 2 aromatic heterocycles. The first-order valence-corrected chi connectivity index (χ1v) is 13.7. The fourth-order valence-corrected chi connectivity index (χ4v) is 6.04. The molecule has 3 aromatic rings. The predicted molar refractivity (Wildman–Crippen MR) is 129 cm³/mol. The van der Waals surface area contributed by atoms with Crippen molar-refractivity contribution in [1.29, 1.82) is 0 Å². The lowest BCUT2D eigenvalue weighted by molar-refractivity contribution is -0.144. The van der Waals surface area contributed by atoms with E-state index in [-0.39, 0.29) is 30.5 Å². The van der Waals surface area contributed by atoms with Crippen LogP contribution < -0.4 is 5.32 Å². The monoisotopic (exact) mass is 637 g/mol. The van der Waals surface area contributed by atoms with Crippen LogP contribution in [0, 0.1) is 17.6 Å². The first kappa shape index (κ1) is 27.9. The summed E-state index contributed by atoms with van der Waals surface area (Å²) in [6.45, 7) is -0.931. The van der Waals surface area contributed by atoms with Crippen LogP contribution in [0.25, 0.3) is 0 Å². The van der Waals surface area contributed by atoms with Crippen molar-refractivity contribution < 1.29 is 35.5 Å². The van der Waals surface area contributed by atoms with Crippen molar-refractivity contribution in [2.75, 3.05) is 6.26 Å². The van der Waals surface area contributed by atoms with Crippen molar-refractivity contribution in [3.63, 3.8) is 0 Å². The molecule has 2 heterocycles. The van der Waals surface area contributed by atoms with Crippen molar-refractivity contribution in [3.8, 4) is 0 Å². The third-order valence-corrected chi connectivity index (χ3v) is 8.11. The van der Waals surface area contributed by atoms with E-state index in [9.17, 15) is 26.7 Å². The summed E-state index contributed by atoms with van der Waals surface area (Å²) in [6.07, 6.45) is -1.79. The molecule has 0 radical (unpaired) electrons. The van der Waals surface area contributed by atoms with Crippen LogP contribution in [0.5, 0.6) is 0 Å². The van der Waals surface area contributed by atoms with Crippen LogP contribution in [-0.2, 0) is 29.9 Å².